The Kier molecular flexibility index (Phi) is 4.58. The van der Waals surface area contributed by atoms with Crippen LogP contribution in [0, 0.1) is 0 Å². The van der Waals surface area contributed by atoms with Gasteiger partial charge in [0.05, 0.1) is 18.3 Å². The normalized spacial score (nSPS) is 27.9. The van der Waals surface area contributed by atoms with Crippen molar-refractivity contribution in [3.05, 3.63) is 32.6 Å². The van der Waals surface area contributed by atoms with Crippen LogP contribution in [0.4, 0.5) is 13.2 Å². The Hall–Kier alpha value is -2.18. The monoisotopic (exact) mass is 339 g/mol. The van der Waals surface area contributed by atoms with E-state index in [1.165, 1.54) is 5.32 Å². The zero-order chi connectivity index (χ0) is 17.4. The summed E-state index contributed by atoms with van der Waals surface area (Å²) >= 11 is 0. The summed E-state index contributed by atoms with van der Waals surface area (Å²) in [5.41, 5.74) is -2.05. The van der Waals surface area contributed by atoms with Gasteiger partial charge in [0.1, 0.15) is 18.3 Å². The van der Waals surface area contributed by atoms with Gasteiger partial charge in [0.15, 0.2) is 0 Å². The molecule has 1 aliphatic rings. The third-order valence-corrected chi connectivity index (χ3v) is 3.22. The maximum Gasteiger partial charge on any atom is 0.471 e. The molecular formula is C11H12F3N3O6. The Morgan fingerprint density at radius 2 is 2.00 bits per heavy atom. The molecule has 0 spiro atoms. The highest BCUT2D eigenvalue weighted by Crippen LogP contribution is 2.32. The average Bonchev–Trinajstić information content (AvgIpc) is 2.73. The van der Waals surface area contributed by atoms with Gasteiger partial charge in [0.25, 0.3) is 5.56 Å². The van der Waals surface area contributed by atoms with E-state index in [-0.39, 0.29) is 5.69 Å². The molecule has 23 heavy (non-hydrogen) atoms. The standard InChI is InChI=1S/C11H12F3N3O6/c12-11(13,14)9(21)17-6-7(20)4(2-18)23-8(6)3-1-5(19)16-10(22)15-3/h1,4,6-8,18,20H,2H2,(H,17,21)(H2,15,16,19,22)/t4-,6?,7?,8+/m1/s1. The molecule has 2 heterocycles. The first-order valence-electron chi connectivity index (χ1n) is 6.29. The number of nitrogens with one attached hydrogen (secondary N) is 3. The first-order chi connectivity index (χ1) is 10.6. The number of alkyl halides is 3. The van der Waals surface area contributed by atoms with Gasteiger partial charge >= 0.3 is 17.8 Å². The van der Waals surface area contributed by atoms with E-state index < -0.39 is 54.3 Å². The number of aliphatic hydroxyl groups excluding tert-OH is 2. The van der Waals surface area contributed by atoms with E-state index in [1.54, 1.807) is 0 Å². The van der Waals surface area contributed by atoms with Crippen molar-refractivity contribution in [1.29, 1.82) is 0 Å². The molecule has 9 nitrogen and oxygen atoms in total. The molecule has 2 rings (SSSR count). The number of aromatic nitrogens is 2. The summed E-state index contributed by atoms with van der Waals surface area (Å²) in [7, 11) is 0. The molecule has 0 saturated carbocycles. The molecule has 128 valence electrons. The SMILES string of the molecule is O=C(NC1C(O)[C@@H](CO)O[C@H]1c1cc(=O)[nH]c(=O)[nH]1)C(F)(F)F. The molecule has 1 aromatic rings. The van der Waals surface area contributed by atoms with E-state index >= 15 is 0 Å². The quantitative estimate of drug-likeness (QED) is 0.427. The Balaban J connectivity index is 2.36. The first kappa shape index (κ1) is 17.2. The second kappa shape index (κ2) is 6.14. The van der Waals surface area contributed by atoms with E-state index in [4.69, 9.17) is 9.84 Å². The second-order valence-electron chi connectivity index (χ2n) is 4.81. The van der Waals surface area contributed by atoms with Gasteiger partial charge in [-0.3, -0.25) is 14.6 Å². The van der Waals surface area contributed by atoms with Crippen molar-refractivity contribution < 1.29 is 32.9 Å². The van der Waals surface area contributed by atoms with Crippen LogP contribution in [0.1, 0.15) is 11.8 Å². The molecular weight excluding hydrogens is 327 g/mol. The molecule has 0 aromatic carbocycles. The molecule has 12 heteroatoms. The lowest BCUT2D eigenvalue weighted by Gasteiger charge is -2.22. The predicted octanol–water partition coefficient (Wildman–Crippen LogP) is -2.10. The predicted molar refractivity (Wildman–Crippen MR) is 66.4 cm³/mol. The van der Waals surface area contributed by atoms with Crippen molar-refractivity contribution in [1.82, 2.24) is 15.3 Å². The van der Waals surface area contributed by atoms with Gasteiger partial charge in [-0.1, -0.05) is 0 Å². The highest BCUT2D eigenvalue weighted by Gasteiger charge is 2.49. The smallest absolute Gasteiger partial charge is 0.394 e. The van der Waals surface area contributed by atoms with Gasteiger partial charge in [0.2, 0.25) is 0 Å². The van der Waals surface area contributed by atoms with Crippen LogP contribution in [0.15, 0.2) is 15.7 Å². The van der Waals surface area contributed by atoms with Crippen molar-refractivity contribution in [3.8, 4) is 0 Å². The molecule has 1 amide bonds. The number of halogens is 3. The van der Waals surface area contributed by atoms with E-state index in [0.717, 1.165) is 6.07 Å². The van der Waals surface area contributed by atoms with Crippen LogP contribution in [-0.2, 0) is 9.53 Å². The van der Waals surface area contributed by atoms with Crippen molar-refractivity contribution in [2.75, 3.05) is 6.61 Å². The van der Waals surface area contributed by atoms with Crippen LogP contribution >= 0.6 is 0 Å². The zero-order valence-corrected chi connectivity index (χ0v) is 11.3. The van der Waals surface area contributed by atoms with E-state index in [0.29, 0.717) is 0 Å². The van der Waals surface area contributed by atoms with Crippen molar-refractivity contribution in [2.45, 2.75) is 30.5 Å². The summed E-state index contributed by atoms with van der Waals surface area (Å²) in [6.45, 7) is -0.747. The Bertz CT molecular complexity index is 671. The summed E-state index contributed by atoms with van der Waals surface area (Å²) in [4.78, 5) is 37.6. The minimum Gasteiger partial charge on any atom is -0.394 e. The number of aromatic amines is 2. The summed E-state index contributed by atoms with van der Waals surface area (Å²) < 4.78 is 42.2. The largest absolute Gasteiger partial charge is 0.471 e. The minimum absolute atomic E-state index is 0.249. The fourth-order valence-electron chi connectivity index (χ4n) is 2.22. The summed E-state index contributed by atoms with van der Waals surface area (Å²) in [5, 5.41) is 20.5. The van der Waals surface area contributed by atoms with Gasteiger partial charge in [-0.25, -0.2) is 4.79 Å². The van der Waals surface area contributed by atoms with Crippen molar-refractivity contribution in [2.24, 2.45) is 0 Å². The highest BCUT2D eigenvalue weighted by molar-refractivity contribution is 5.82. The number of hydrogen-bond donors (Lipinski definition) is 5. The fraction of sp³-hybridized carbons (Fsp3) is 0.545. The number of carbonyl (C=O) groups is 1. The number of ether oxygens (including phenoxy) is 1. The van der Waals surface area contributed by atoms with Crippen LogP contribution in [0.5, 0.6) is 0 Å². The van der Waals surface area contributed by atoms with Crippen LogP contribution in [0.2, 0.25) is 0 Å². The number of aliphatic hydroxyl groups is 2. The number of rotatable bonds is 3. The molecule has 1 aromatic heterocycles. The van der Waals surface area contributed by atoms with Crippen LogP contribution in [0.25, 0.3) is 0 Å². The lowest BCUT2D eigenvalue weighted by molar-refractivity contribution is -0.175. The van der Waals surface area contributed by atoms with Gasteiger partial charge in [0, 0.05) is 6.07 Å². The molecule has 0 bridgehead atoms. The van der Waals surface area contributed by atoms with E-state index in [9.17, 15) is 32.7 Å². The summed E-state index contributed by atoms with van der Waals surface area (Å²) in [6, 6.07) is -0.788. The molecule has 1 aliphatic heterocycles. The second-order valence-corrected chi connectivity index (χ2v) is 4.81. The molecule has 1 fully saturated rings. The van der Waals surface area contributed by atoms with Crippen LogP contribution < -0.4 is 16.6 Å². The van der Waals surface area contributed by atoms with Gasteiger partial charge in [-0.15, -0.1) is 0 Å². The Morgan fingerprint density at radius 1 is 1.35 bits per heavy atom. The van der Waals surface area contributed by atoms with Gasteiger partial charge in [-0.05, 0) is 0 Å². The van der Waals surface area contributed by atoms with Gasteiger partial charge in [-0.2, -0.15) is 13.2 Å². The Labute approximate surface area is 125 Å². The number of amides is 1. The highest BCUT2D eigenvalue weighted by atomic mass is 19.4. The number of hydrogen-bond acceptors (Lipinski definition) is 6. The maximum absolute atomic E-state index is 12.4. The van der Waals surface area contributed by atoms with E-state index in [2.05, 4.69) is 4.98 Å². The topological polar surface area (TPSA) is 145 Å². The van der Waals surface area contributed by atoms with Gasteiger partial charge < -0.3 is 25.3 Å². The van der Waals surface area contributed by atoms with Crippen molar-refractivity contribution in [3.63, 3.8) is 0 Å². The van der Waals surface area contributed by atoms with Crippen LogP contribution in [0.3, 0.4) is 0 Å². The fourth-order valence-corrected chi connectivity index (χ4v) is 2.22. The molecule has 0 aliphatic carbocycles. The molecule has 5 N–H and O–H groups in total. The van der Waals surface area contributed by atoms with E-state index in [1.807, 2.05) is 4.98 Å². The third-order valence-electron chi connectivity index (χ3n) is 3.22. The first-order valence-corrected chi connectivity index (χ1v) is 6.29. The molecule has 4 atom stereocenters. The number of carbonyl (C=O) groups excluding carboxylic acids is 1. The number of H-pyrrole nitrogens is 2. The summed E-state index contributed by atoms with van der Waals surface area (Å²) in [6.07, 6.45) is -9.65. The average molecular weight is 339 g/mol. The third kappa shape index (κ3) is 3.60. The minimum atomic E-state index is -5.21. The Morgan fingerprint density at radius 3 is 2.52 bits per heavy atom. The lowest BCUT2D eigenvalue weighted by Crippen LogP contribution is -2.50. The molecule has 0 radical (unpaired) electrons. The lowest BCUT2D eigenvalue weighted by atomic mass is 10.0. The van der Waals surface area contributed by atoms with Crippen molar-refractivity contribution >= 4 is 5.91 Å². The summed E-state index contributed by atoms with van der Waals surface area (Å²) in [5.74, 6) is -2.33. The molecule has 1 saturated heterocycles. The maximum atomic E-state index is 12.4. The molecule has 2 unspecified atom stereocenters. The zero-order valence-electron chi connectivity index (χ0n) is 11.3. The van der Waals surface area contributed by atoms with Crippen LogP contribution in [-0.4, -0.2) is 57.1 Å².